The lowest BCUT2D eigenvalue weighted by Crippen LogP contribution is -2.48. The van der Waals surface area contributed by atoms with E-state index >= 15 is 4.39 Å². The highest BCUT2D eigenvalue weighted by atomic mass is 35.5. The Morgan fingerprint density at radius 1 is 1.03 bits per heavy atom. The molecule has 3 N–H and O–H groups in total. The molecule has 0 radical (unpaired) electrons. The number of halogens is 3. The molecule has 1 saturated carbocycles. The van der Waals surface area contributed by atoms with E-state index in [4.69, 9.17) is 42.1 Å². The van der Waals surface area contributed by atoms with Crippen LogP contribution in [-0.2, 0) is 28.6 Å². The van der Waals surface area contributed by atoms with Crippen LogP contribution in [0.5, 0.6) is 5.75 Å². The third kappa shape index (κ3) is 9.92. The second-order valence-corrected chi connectivity index (χ2v) is 17.5. The molecule has 3 heterocycles. The van der Waals surface area contributed by atoms with Crippen LogP contribution in [0.25, 0.3) is 10.9 Å². The van der Waals surface area contributed by atoms with E-state index in [-0.39, 0.29) is 57.8 Å². The number of hydrogen-bond acceptors (Lipinski definition) is 14. The van der Waals surface area contributed by atoms with Crippen molar-refractivity contribution in [3.05, 3.63) is 72.8 Å². The van der Waals surface area contributed by atoms with Crippen molar-refractivity contribution in [2.75, 3.05) is 45.0 Å². The molecule has 22 heteroatoms. The molecule has 3 fully saturated rings. The molecule has 2 amide bonds. The second kappa shape index (κ2) is 18.9. The Bertz CT molecular complexity index is 2390. The first-order valence-electron chi connectivity index (χ1n) is 20.0. The average Bonchev–Trinajstić information content (AvgIpc) is 3.98. The maximum atomic E-state index is 16.5. The smallest absolute Gasteiger partial charge is 0.412 e. The quantitative estimate of drug-likeness (QED) is 0.0564. The van der Waals surface area contributed by atoms with Crippen molar-refractivity contribution in [2.24, 2.45) is 5.92 Å². The molecule has 6 rings (SSSR count). The van der Waals surface area contributed by atoms with Crippen LogP contribution >= 0.6 is 23.2 Å². The summed E-state index contributed by atoms with van der Waals surface area (Å²) in [5.74, 6) is -4.92. The number of hydrogen-bond donors (Lipinski definition) is 3. The number of pyridine rings is 1. The van der Waals surface area contributed by atoms with E-state index in [9.17, 15) is 49.1 Å². The lowest BCUT2D eigenvalue weighted by Gasteiger charge is -2.35. The standard InChI is InChI=1S/C41H46Cl2FN5O14/c1-20-30-33(48(24-11-12-24)21(2)31(36(30)53)38(54)55)37(60-4)34(32(20)44)46-16-23-6-5-15-47(27(23)17-46)40(57)63-19-62-29(51)14-13-28(50)61-18-26(45-39(56)41(3,42)43)35(52)22-7-9-25(10-8-22)49(58)59/h7-10,23-24,26-27,35,52H,5-6,11-19H2,1-4H3,(H,45,56)(H,54,55)/t23?,26-,27?,35-/m1/s1. The number of fused-ring (bicyclic) bond motifs is 2. The van der Waals surface area contributed by atoms with Crippen LogP contribution in [0, 0.1) is 35.7 Å². The SMILES string of the molecule is COc1c(N2CC3CCCN(C(=O)OCOC(=O)CCC(=O)OC[C@@H](NC(=O)C(C)(Cl)Cl)[C@H](O)c4ccc([N+](=O)[O-])cc4)C3C2)c(F)c(C)c2c(=O)c(C(=O)O)c(C)n(C3CC3)c12. The van der Waals surface area contributed by atoms with Crippen LogP contribution < -0.4 is 20.4 Å². The molecule has 4 atom stereocenters. The Morgan fingerprint density at radius 3 is 2.27 bits per heavy atom. The Balaban J connectivity index is 1.05. The van der Waals surface area contributed by atoms with E-state index in [1.54, 1.807) is 16.4 Å². The topological polar surface area (TPSA) is 246 Å². The number of esters is 2. The molecule has 2 aromatic carbocycles. The number of carboxylic acids is 1. The number of carbonyl (C=O) groups excluding carboxylic acids is 4. The molecular weight excluding hydrogens is 876 g/mol. The number of anilines is 1. The van der Waals surface area contributed by atoms with Crippen molar-refractivity contribution in [1.82, 2.24) is 14.8 Å². The number of methoxy groups -OCH3 is 1. The highest BCUT2D eigenvalue weighted by Crippen LogP contribution is 2.47. The van der Waals surface area contributed by atoms with E-state index < -0.39 is 100 Å². The summed E-state index contributed by atoms with van der Waals surface area (Å²) >= 11 is 11.7. The number of nitro benzene ring substituents is 1. The van der Waals surface area contributed by atoms with Crippen molar-refractivity contribution in [2.45, 2.75) is 87.9 Å². The monoisotopic (exact) mass is 921 g/mol. The molecule has 2 saturated heterocycles. The zero-order valence-electron chi connectivity index (χ0n) is 34.7. The van der Waals surface area contributed by atoms with E-state index in [0.717, 1.165) is 25.0 Å². The van der Waals surface area contributed by atoms with Gasteiger partial charge < -0.3 is 48.8 Å². The summed E-state index contributed by atoms with van der Waals surface area (Å²) in [7, 11) is 1.36. The Morgan fingerprint density at radius 2 is 1.68 bits per heavy atom. The lowest BCUT2D eigenvalue weighted by atomic mass is 9.92. The number of piperidine rings is 1. The van der Waals surface area contributed by atoms with Gasteiger partial charge in [0.2, 0.25) is 12.2 Å². The maximum Gasteiger partial charge on any atom is 0.412 e. The van der Waals surface area contributed by atoms with E-state index in [0.29, 0.717) is 31.4 Å². The van der Waals surface area contributed by atoms with Gasteiger partial charge in [-0.15, -0.1) is 0 Å². The molecule has 3 aliphatic rings. The van der Waals surface area contributed by atoms with Gasteiger partial charge in [0, 0.05) is 49.1 Å². The van der Waals surface area contributed by atoms with Gasteiger partial charge in [-0.3, -0.25) is 29.3 Å². The predicted octanol–water partition coefficient (Wildman–Crippen LogP) is 4.98. The molecule has 2 unspecified atom stereocenters. The summed E-state index contributed by atoms with van der Waals surface area (Å²) < 4.78 is 37.7. The van der Waals surface area contributed by atoms with Crippen LogP contribution in [0.1, 0.15) is 84.8 Å². The zero-order valence-corrected chi connectivity index (χ0v) is 36.2. The number of aryl methyl sites for hydroxylation is 1. The number of aromatic nitrogens is 1. The highest BCUT2D eigenvalue weighted by molar-refractivity contribution is 6.57. The molecule has 63 heavy (non-hydrogen) atoms. The number of nitrogens with zero attached hydrogens (tertiary/aromatic N) is 4. The molecule has 1 aromatic heterocycles. The first kappa shape index (κ1) is 46.8. The molecule has 0 spiro atoms. The maximum absolute atomic E-state index is 16.5. The van der Waals surface area contributed by atoms with Crippen LogP contribution in [0.3, 0.4) is 0 Å². The number of alkyl halides is 2. The number of carboxylic acid groups (broad SMARTS) is 1. The van der Waals surface area contributed by atoms with Crippen LogP contribution in [0.2, 0.25) is 0 Å². The van der Waals surface area contributed by atoms with Crippen molar-refractivity contribution in [1.29, 1.82) is 0 Å². The molecule has 3 aromatic rings. The highest BCUT2D eigenvalue weighted by Gasteiger charge is 2.44. The molecular formula is C41H46Cl2FN5O14. The lowest BCUT2D eigenvalue weighted by molar-refractivity contribution is -0.384. The number of nitrogens with one attached hydrogen (secondary N) is 1. The number of ether oxygens (including phenoxy) is 4. The molecule has 19 nitrogen and oxygen atoms in total. The first-order valence-corrected chi connectivity index (χ1v) is 20.8. The normalized spacial score (nSPS) is 18.3. The van der Waals surface area contributed by atoms with Crippen LogP contribution in [0.4, 0.5) is 20.6 Å². The molecule has 1 aliphatic carbocycles. The fourth-order valence-corrected chi connectivity index (χ4v) is 8.38. The van der Waals surface area contributed by atoms with Gasteiger partial charge in [0.05, 0.1) is 47.9 Å². The van der Waals surface area contributed by atoms with Crippen molar-refractivity contribution < 1.29 is 62.4 Å². The Labute approximate surface area is 369 Å². The van der Waals surface area contributed by atoms with Gasteiger partial charge in [0.15, 0.2) is 15.9 Å². The average molecular weight is 923 g/mol. The van der Waals surface area contributed by atoms with E-state index in [2.05, 4.69) is 5.32 Å². The number of aliphatic hydroxyl groups excluding tert-OH is 1. The first-order chi connectivity index (χ1) is 29.7. The number of aliphatic hydroxyl groups is 1. The summed E-state index contributed by atoms with van der Waals surface area (Å²) in [5, 5.41) is 34.2. The third-order valence-electron chi connectivity index (χ3n) is 11.6. The number of nitro groups is 1. The summed E-state index contributed by atoms with van der Waals surface area (Å²) in [5.41, 5.74) is -0.664. The molecule has 0 bridgehead atoms. The number of amides is 2. The van der Waals surface area contributed by atoms with Crippen molar-refractivity contribution in [3.8, 4) is 5.75 Å². The van der Waals surface area contributed by atoms with Gasteiger partial charge >= 0.3 is 24.0 Å². The van der Waals surface area contributed by atoms with E-state index in [1.165, 1.54) is 38.0 Å². The number of non-ortho nitro benzene ring substituents is 1. The van der Waals surface area contributed by atoms with Gasteiger partial charge in [-0.05, 0) is 70.1 Å². The summed E-state index contributed by atoms with van der Waals surface area (Å²) in [4.78, 5) is 90.4. The largest absolute Gasteiger partial charge is 0.492 e. The summed E-state index contributed by atoms with van der Waals surface area (Å²) in [6, 6.07) is 2.94. The fraction of sp³-hybridized carbons (Fsp3) is 0.512. The summed E-state index contributed by atoms with van der Waals surface area (Å²) in [6.07, 6.45) is -0.504. The van der Waals surface area contributed by atoms with Gasteiger partial charge in [-0.1, -0.05) is 23.2 Å². The predicted molar refractivity (Wildman–Crippen MR) is 223 cm³/mol. The van der Waals surface area contributed by atoms with Crippen LogP contribution in [-0.4, -0.2) is 111 Å². The minimum absolute atomic E-state index is 0.0123. The van der Waals surface area contributed by atoms with Crippen LogP contribution in [0.15, 0.2) is 29.1 Å². The molecule has 340 valence electrons. The number of rotatable bonds is 16. The van der Waals surface area contributed by atoms with Crippen molar-refractivity contribution >= 4 is 75.4 Å². The third-order valence-corrected chi connectivity index (χ3v) is 11.9. The zero-order chi connectivity index (χ0) is 46.1. The summed E-state index contributed by atoms with van der Waals surface area (Å²) in [6.45, 7) is 3.59. The number of likely N-dealkylation sites (tertiary alicyclic amines) is 1. The van der Waals surface area contributed by atoms with Gasteiger partial charge in [0.25, 0.3) is 11.6 Å². The number of benzene rings is 2. The number of carbonyl (C=O) groups is 5. The van der Waals surface area contributed by atoms with Crippen molar-refractivity contribution in [3.63, 3.8) is 0 Å². The fourth-order valence-electron chi connectivity index (χ4n) is 8.27. The number of aromatic carboxylic acids is 1. The minimum Gasteiger partial charge on any atom is -0.492 e. The minimum atomic E-state index is -1.93. The Hall–Kier alpha value is -5.73. The van der Waals surface area contributed by atoms with Gasteiger partial charge in [-0.2, -0.15) is 0 Å². The van der Waals surface area contributed by atoms with Gasteiger partial charge in [0.1, 0.15) is 24.0 Å². The molecule has 2 aliphatic heterocycles. The van der Waals surface area contributed by atoms with Gasteiger partial charge in [-0.25, -0.2) is 14.0 Å². The van der Waals surface area contributed by atoms with E-state index in [1.807, 2.05) is 0 Å². The Kier molecular flexibility index (Phi) is 14.1. The second-order valence-electron chi connectivity index (χ2n) is 15.8.